The van der Waals surface area contributed by atoms with Gasteiger partial charge in [-0.1, -0.05) is 36.4 Å². The van der Waals surface area contributed by atoms with Crippen LogP contribution in [0.3, 0.4) is 0 Å². The zero-order valence-electron chi connectivity index (χ0n) is 14.6. The molecule has 2 rings (SSSR count). The Morgan fingerprint density at radius 1 is 1.04 bits per heavy atom. The molecule has 0 saturated carbocycles. The molecule has 0 saturated heterocycles. The average Bonchev–Trinajstić information content (AvgIpc) is 2.60. The normalized spacial score (nSPS) is 11.4. The summed E-state index contributed by atoms with van der Waals surface area (Å²) in [6, 6.07) is 16.9. The summed E-state index contributed by atoms with van der Waals surface area (Å²) in [5.74, 6) is 0. The van der Waals surface area contributed by atoms with Gasteiger partial charge in [-0.2, -0.15) is 0 Å². The van der Waals surface area contributed by atoms with Gasteiger partial charge in [0.05, 0.1) is 4.90 Å². The van der Waals surface area contributed by atoms with E-state index in [1.165, 1.54) is 24.0 Å². The van der Waals surface area contributed by atoms with E-state index < -0.39 is 10.0 Å². The first-order chi connectivity index (χ1) is 11.8. The van der Waals surface area contributed by atoms with E-state index in [-0.39, 0.29) is 4.90 Å². The van der Waals surface area contributed by atoms with Crippen LogP contribution in [0.4, 0.5) is 5.69 Å². The molecular weight excluding hydrogens is 354 g/mol. The van der Waals surface area contributed by atoms with Crippen LogP contribution in [-0.4, -0.2) is 50.4 Å². The third-order valence-corrected chi connectivity index (χ3v) is 6.01. The minimum Gasteiger partial charge on any atom is -0.352 e. The van der Waals surface area contributed by atoms with Crippen LogP contribution in [0.5, 0.6) is 0 Å². The number of anilines is 1. The number of nitrogens with zero attached hydrogens (tertiary/aromatic N) is 2. The highest BCUT2D eigenvalue weighted by molar-refractivity contribution is 7.89. The van der Waals surface area contributed by atoms with Crippen molar-refractivity contribution in [3.8, 4) is 0 Å². The maximum Gasteiger partial charge on any atom is 0.242 e. The molecule has 2 aromatic carbocycles. The predicted octanol–water partition coefficient (Wildman–Crippen LogP) is 2.81. The lowest BCUT2D eigenvalue weighted by Crippen LogP contribution is -2.32. The molecule has 0 aliphatic rings. The molecule has 0 aliphatic carbocycles. The summed E-state index contributed by atoms with van der Waals surface area (Å²) >= 11 is 5.42. The SMILES string of the molecule is CN(CCc1ccccc1)C(=S)Nc1cccc(S(=O)(=O)N(C)C)c1. The maximum atomic E-state index is 12.2. The minimum atomic E-state index is -3.47. The van der Waals surface area contributed by atoms with Gasteiger partial charge in [-0.3, -0.25) is 0 Å². The molecule has 2 aromatic rings. The molecule has 0 aliphatic heterocycles. The molecule has 0 unspecified atom stereocenters. The molecule has 0 bridgehead atoms. The lowest BCUT2D eigenvalue weighted by Gasteiger charge is -2.21. The van der Waals surface area contributed by atoms with E-state index in [1.54, 1.807) is 24.3 Å². The van der Waals surface area contributed by atoms with Gasteiger partial charge >= 0.3 is 0 Å². The zero-order chi connectivity index (χ0) is 18.4. The second-order valence-electron chi connectivity index (χ2n) is 5.90. The summed E-state index contributed by atoms with van der Waals surface area (Å²) in [6.07, 6.45) is 0.883. The number of benzene rings is 2. The molecule has 0 aromatic heterocycles. The number of rotatable bonds is 6. The van der Waals surface area contributed by atoms with Crippen LogP contribution in [0.2, 0.25) is 0 Å². The Balaban J connectivity index is 2.00. The zero-order valence-corrected chi connectivity index (χ0v) is 16.3. The van der Waals surface area contributed by atoms with Crippen LogP contribution in [0.1, 0.15) is 5.56 Å². The molecule has 0 fully saturated rings. The van der Waals surface area contributed by atoms with E-state index in [9.17, 15) is 8.42 Å². The first-order valence-electron chi connectivity index (χ1n) is 7.89. The van der Waals surface area contributed by atoms with Gasteiger partial charge in [-0.15, -0.1) is 0 Å². The van der Waals surface area contributed by atoms with Crippen molar-refractivity contribution in [1.82, 2.24) is 9.21 Å². The van der Waals surface area contributed by atoms with Crippen molar-refractivity contribution in [2.45, 2.75) is 11.3 Å². The van der Waals surface area contributed by atoms with E-state index in [0.29, 0.717) is 10.8 Å². The molecule has 0 atom stereocenters. The van der Waals surface area contributed by atoms with Crippen molar-refractivity contribution in [1.29, 1.82) is 0 Å². The number of hydrogen-bond donors (Lipinski definition) is 1. The highest BCUT2D eigenvalue weighted by Gasteiger charge is 2.17. The smallest absolute Gasteiger partial charge is 0.242 e. The fraction of sp³-hybridized carbons (Fsp3) is 0.278. The number of likely N-dealkylation sites (N-methyl/N-ethyl adjacent to an activating group) is 1. The average molecular weight is 378 g/mol. The summed E-state index contributed by atoms with van der Waals surface area (Å²) in [5, 5.41) is 3.66. The van der Waals surface area contributed by atoms with Crippen molar-refractivity contribution in [2.75, 3.05) is 33.0 Å². The standard InChI is InChI=1S/C18H23N3O2S2/c1-20(2)25(22,23)17-11-7-10-16(14-17)19-18(24)21(3)13-12-15-8-5-4-6-9-15/h4-11,14H,12-13H2,1-3H3,(H,19,24). The van der Waals surface area contributed by atoms with E-state index in [1.807, 2.05) is 30.1 Å². The van der Waals surface area contributed by atoms with Crippen LogP contribution < -0.4 is 5.32 Å². The highest BCUT2D eigenvalue weighted by atomic mass is 32.2. The van der Waals surface area contributed by atoms with Crippen LogP contribution >= 0.6 is 12.2 Å². The Morgan fingerprint density at radius 3 is 2.36 bits per heavy atom. The topological polar surface area (TPSA) is 52.7 Å². The molecule has 25 heavy (non-hydrogen) atoms. The molecule has 7 heteroatoms. The van der Waals surface area contributed by atoms with Gasteiger partial charge in [0.1, 0.15) is 0 Å². The van der Waals surface area contributed by atoms with Crippen LogP contribution in [-0.2, 0) is 16.4 Å². The molecule has 0 heterocycles. The fourth-order valence-electron chi connectivity index (χ4n) is 2.21. The summed E-state index contributed by atoms with van der Waals surface area (Å²) in [4.78, 5) is 2.17. The Bertz CT molecular complexity index is 821. The molecule has 134 valence electrons. The lowest BCUT2D eigenvalue weighted by atomic mass is 10.1. The van der Waals surface area contributed by atoms with Gasteiger partial charge in [0, 0.05) is 33.4 Å². The molecular formula is C18H23N3O2S2. The van der Waals surface area contributed by atoms with Crippen molar-refractivity contribution >= 4 is 33.0 Å². The van der Waals surface area contributed by atoms with E-state index >= 15 is 0 Å². The number of thiocarbonyl (C=S) groups is 1. The number of sulfonamides is 1. The lowest BCUT2D eigenvalue weighted by molar-refractivity contribution is 0.515. The molecule has 5 nitrogen and oxygen atoms in total. The summed E-state index contributed by atoms with van der Waals surface area (Å²) in [5.41, 5.74) is 1.90. The number of nitrogens with one attached hydrogen (secondary N) is 1. The van der Waals surface area contributed by atoms with E-state index in [0.717, 1.165) is 13.0 Å². The van der Waals surface area contributed by atoms with Crippen LogP contribution in [0, 0.1) is 0 Å². The summed E-state index contributed by atoms with van der Waals surface area (Å²) in [6.45, 7) is 0.769. The fourth-order valence-corrected chi connectivity index (χ4v) is 3.36. The van der Waals surface area contributed by atoms with Gasteiger partial charge in [0.15, 0.2) is 5.11 Å². The second kappa shape index (κ2) is 8.42. The van der Waals surface area contributed by atoms with Gasteiger partial charge in [0.2, 0.25) is 10.0 Å². The Morgan fingerprint density at radius 2 is 1.72 bits per heavy atom. The third-order valence-electron chi connectivity index (χ3n) is 3.79. The molecule has 0 amide bonds. The largest absolute Gasteiger partial charge is 0.352 e. The third kappa shape index (κ3) is 5.26. The van der Waals surface area contributed by atoms with Gasteiger partial charge in [-0.25, -0.2) is 12.7 Å². The second-order valence-corrected chi connectivity index (χ2v) is 8.44. The van der Waals surface area contributed by atoms with Gasteiger partial charge < -0.3 is 10.2 Å². The Hall–Kier alpha value is -1.96. The van der Waals surface area contributed by atoms with Crippen LogP contribution in [0.25, 0.3) is 0 Å². The van der Waals surface area contributed by atoms with Crippen LogP contribution in [0.15, 0.2) is 59.5 Å². The van der Waals surface area contributed by atoms with Crippen molar-refractivity contribution in [3.63, 3.8) is 0 Å². The van der Waals surface area contributed by atoms with Gasteiger partial charge in [0.25, 0.3) is 0 Å². The maximum absolute atomic E-state index is 12.2. The molecule has 1 N–H and O–H groups in total. The first kappa shape index (κ1) is 19.4. The number of hydrogen-bond acceptors (Lipinski definition) is 3. The summed E-state index contributed by atoms with van der Waals surface area (Å²) in [7, 11) is 1.47. The van der Waals surface area contributed by atoms with E-state index in [4.69, 9.17) is 12.2 Å². The Kier molecular flexibility index (Phi) is 6.52. The first-order valence-corrected chi connectivity index (χ1v) is 9.74. The summed E-state index contributed by atoms with van der Waals surface area (Å²) < 4.78 is 25.6. The molecule has 0 radical (unpaired) electrons. The Labute approximate surface area is 155 Å². The van der Waals surface area contributed by atoms with Crippen molar-refractivity contribution in [2.24, 2.45) is 0 Å². The minimum absolute atomic E-state index is 0.234. The van der Waals surface area contributed by atoms with Crippen molar-refractivity contribution in [3.05, 3.63) is 60.2 Å². The quantitative estimate of drug-likeness (QED) is 0.785. The van der Waals surface area contributed by atoms with Crippen molar-refractivity contribution < 1.29 is 8.42 Å². The van der Waals surface area contributed by atoms with Gasteiger partial charge in [-0.05, 0) is 42.4 Å². The molecule has 0 spiro atoms. The highest BCUT2D eigenvalue weighted by Crippen LogP contribution is 2.18. The van der Waals surface area contributed by atoms with E-state index in [2.05, 4.69) is 17.4 Å². The predicted molar refractivity (Wildman–Crippen MR) is 106 cm³/mol. The monoisotopic (exact) mass is 377 g/mol.